The Morgan fingerprint density at radius 2 is 1.78 bits per heavy atom. The molecular weight excluding hydrogens is 346 g/mol. The Balaban J connectivity index is 2.38. The van der Waals surface area contributed by atoms with Crippen LogP contribution in [0.3, 0.4) is 0 Å². The van der Waals surface area contributed by atoms with Gasteiger partial charge in [-0.1, -0.05) is 6.58 Å². The zero-order chi connectivity index (χ0) is 19.8. The number of nitrogens with zero attached hydrogens (tertiary/aromatic N) is 1. The van der Waals surface area contributed by atoms with Crippen LogP contribution in [0.4, 0.5) is 0 Å². The second-order valence-corrected chi connectivity index (χ2v) is 6.40. The van der Waals surface area contributed by atoms with Crippen molar-refractivity contribution in [3.63, 3.8) is 0 Å². The molecule has 0 aromatic heterocycles. The number of benzene rings is 1. The van der Waals surface area contributed by atoms with E-state index < -0.39 is 5.97 Å². The minimum Gasteiger partial charge on any atom is -0.493 e. The predicted molar refractivity (Wildman–Crippen MR) is 105 cm³/mol. The minimum absolute atomic E-state index is 0.281. The maximum Gasteiger partial charge on any atom is 0.333 e. The lowest BCUT2D eigenvalue weighted by Gasteiger charge is -2.26. The van der Waals surface area contributed by atoms with Crippen LogP contribution in [0.2, 0.25) is 0 Å². The third kappa shape index (κ3) is 5.76. The van der Waals surface area contributed by atoms with Crippen molar-refractivity contribution in [2.24, 2.45) is 0 Å². The van der Waals surface area contributed by atoms with Crippen molar-refractivity contribution in [1.29, 1.82) is 0 Å². The van der Waals surface area contributed by atoms with Crippen LogP contribution >= 0.6 is 0 Å². The number of hydrogen-bond donors (Lipinski definition) is 1. The van der Waals surface area contributed by atoms with Crippen LogP contribution < -0.4 is 9.47 Å². The zero-order valence-corrected chi connectivity index (χ0v) is 16.4. The van der Waals surface area contributed by atoms with Gasteiger partial charge in [0.2, 0.25) is 0 Å². The van der Waals surface area contributed by atoms with Crippen LogP contribution in [-0.4, -0.2) is 55.5 Å². The molecule has 0 radical (unpaired) electrons. The highest BCUT2D eigenvalue weighted by atomic mass is 16.5. The van der Waals surface area contributed by atoms with Crippen molar-refractivity contribution in [2.75, 3.05) is 39.5 Å². The molecule has 0 unspecified atom stereocenters. The van der Waals surface area contributed by atoms with E-state index in [0.29, 0.717) is 56.6 Å². The Hall–Kier alpha value is -2.47. The van der Waals surface area contributed by atoms with E-state index in [1.807, 2.05) is 37.8 Å². The monoisotopic (exact) mass is 375 g/mol. The van der Waals surface area contributed by atoms with Gasteiger partial charge >= 0.3 is 5.97 Å². The summed E-state index contributed by atoms with van der Waals surface area (Å²) in [5.41, 5.74) is 2.82. The molecule has 6 nitrogen and oxygen atoms in total. The van der Waals surface area contributed by atoms with Crippen LogP contribution in [0.5, 0.6) is 11.5 Å². The third-order valence-corrected chi connectivity index (χ3v) is 4.21. The van der Waals surface area contributed by atoms with Gasteiger partial charge < -0.3 is 24.2 Å². The van der Waals surface area contributed by atoms with E-state index in [2.05, 4.69) is 6.58 Å². The molecule has 0 atom stereocenters. The topological polar surface area (TPSA) is 68.2 Å². The second-order valence-electron chi connectivity index (χ2n) is 6.40. The highest BCUT2D eigenvalue weighted by molar-refractivity contribution is 5.87. The third-order valence-electron chi connectivity index (χ3n) is 4.21. The fourth-order valence-electron chi connectivity index (χ4n) is 3.03. The lowest BCUT2D eigenvalue weighted by Crippen LogP contribution is -2.33. The number of carbonyl (C=O) groups is 1. The summed E-state index contributed by atoms with van der Waals surface area (Å²) in [7, 11) is 0. The molecule has 1 aliphatic heterocycles. The molecule has 27 heavy (non-hydrogen) atoms. The second kappa shape index (κ2) is 10.0. The molecule has 0 saturated carbocycles. The Bertz CT molecular complexity index is 678. The van der Waals surface area contributed by atoms with Gasteiger partial charge in [0.05, 0.1) is 37.6 Å². The first-order valence-electron chi connectivity index (χ1n) is 9.30. The number of ether oxygens (including phenoxy) is 3. The molecule has 0 spiro atoms. The van der Waals surface area contributed by atoms with Crippen molar-refractivity contribution in [3.8, 4) is 11.5 Å². The van der Waals surface area contributed by atoms with Gasteiger partial charge in [-0.15, -0.1) is 0 Å². The molecule has 148 valence electrons. The standard InChI is InChI=1S/C21H29NO5/c1-5-26-18-12-16(13-19(27-6-2)20(18)15(3)4)11-17(21(23)24)14-22-7-9-25-10-8-22/h12-14H,3,5-11H2,1-2,4H3,(H,23,24). The zero-order valence-electron chi connectivity index (χ0n) is 16.4. The Morgan fingerprint density at radius 1 is 1.22 bits per heavy atom. The summed E-state index contributed by atoms with van der Waals surface area (Å²) >= 11 is 0. The van der Waals surface area contributed by atoms with Crippen molar-refractivity contribution in [2.45, 2.75) is 27.2 Å². The molecule has 6 heteroatoms. The maximum atomic E-state index is 11.8. The van der Waals surface area contributed by atoms with E-state index in [1.54, 1.807) is 6.20 Å². The summed E-state index contributed by atoms with van der Waals surface area (Å²) in [6.07, 6.45) is 2.00. The Kier molecular flexibility index (Phi) is 7.73. The highest BCUT2D eigenvalue weighted by Crippen LogP contribution is 2.36. The predicted octanol–water partition coefficient (Wildman–Crippen LogP) is 3.36. The van der Waals surface area contributed by atoms with Crippen molar-refractivity contribution >= 4 is 11.5 Å². The van der Waals surface area contributed by atoms with Gasteiger partial charge in [-0.3, -0.25) is 0 Å². The molecule has 0 aliphatic carbocycles. The fourth-order valence-corrected chi connectivity index (χ4v) is 3.03. The van der Waals surface area contributed by atoms with Crippen molar-refractivity contribution < 1.29 is 24.1 Å². The van der Waals surface area contributed by atoms with Gasteiger partial charge in [0.15, 0.2) is 0 Å². The van der Waals surface area contributed by atoms with Crippen LogP contribution in [0.1, 0.15) is 31.9 Å². The number of allylic oxidation sites excluding steroid dienone is 1. The molecule has 1 N–H and O–H groups in total. The minimum atomic E-state index is -0.929. The Morgan fingerprint density at radius 3 is 2.22 bits per heavy atom. The lowest BCUT2D eigenvalue weighted by molar-refractivity contribution is -0.132. The number of carboxylic acid groups (broad SMARTS) is 1. The first-order chi connectivity index (χ1) is 13.0. The van der Waals surface area contributed by atoms with Crippen molar-refractivity contribution in [1.82, 2.24) is 4.90 Å². The average Bonchev–Trinajstić information content (AvgIpc) is 2.62. The highest BCUT2D eigenvalue weighted by Gasteiger charge is 2.18. The largest absolute Gasteiger partial charge is 0.493 e. The van der Waals surface area contributed by atoms with Crippen LogP contribution in [0, 0.1) is 0 Å². The van der Waals surface area contributed by atoms with E-state index in [-0.39, 0.29) is 6.42 Å². The molecule has 1 saturated heterocycles. The quantitative estimate of drug-likeness (QED) is 0.668. The van der Waals surface area contributed by atoms with Gasteiger partial charge in [0, 0.05) is 25.7 Å². The smallest absolute Gasteiger partial charge is 0.333 e. The van der Waals surface area contributed by atoms with Crippen LogP contribution in [0.25, 0.3) is 5.57 Å². The number of hydrogen-bond acceptors (Lipinski definition) is 5. The Labute approximate surface area is 161 Å². The summed E-state index contributed by atoms with van der Waals surface area (Å²) in [6.45, 7) is 13.4. The van der Waals surface area contributed by atoms with E-state index in [0.717, 1.165) is 16.7 Å². The summed E-state index contributed by atoms with van der Waals surface area (Å²) in [4.78, 5) is 13.8. The first kappa shape index (κ1) is 20.8. The lowest BCUT2D eigenvalue weighted by atomic mass is 9.99. The van der Waals surface area contributed by atoms with E-state index in [4.69, 9.17) is 14.2 Å². The van der Waals surface area contributed by atoms with Gasteiger partial charge in [-0.05, 0) is 44.0 Å². The number of aliphatic carboxylic acids is 1. The summed E-state index contributed by atoms with van der Waals surface area (Å²) < 4.78 is 16.9. The number of carboxylic acids is 1. The first-order valence-corrected chi connectivity index (χ1v) is 9.30. The molecule has 1 aromatic rings. The molecule has 1 heterocycles. The van der Waals surface area contributed by atoms with Gasteiger partial charge in [-0.25, -0.2) is 4.79 Å². The van der Waals surface area contributed by atoms with Crippen LogP contribution in [0.15, 0.2) is 30.5 Å². The summed E-state index contributed by atoms with van der Waals surface area (Å²) in [6, 6.07) is 3.76. The summed E-state index contributed by atoms with van der Waals surface area (Å²) in [5, 5.41) is 9.65. The maximum absolute atomic E-state index is 11.8. The van der Waals surface area contributed by atoms with E-state index in [1.165, 1.54) is 0 Å². The SMILES string of the molecule is C=C(C)c1c(OCC)cc(CC(=CN2CCOCC2)C(=O)O)cc1OCC. The molecule has 1 aromatic carbocycles. The average molecular weight is 375 g/mol. The molecular formula is C21H29NO5. The number of rotatable bonds is 9. The molecule has 2 rings (SSSR count). The van der Waals surface area contributed by atoms with E-state index >= 15 is 0 Å². The van der Waals surface area contributed by atoms with Crippen molar-refractivity contribution in [3.05, 3.63) is 41.6 Å². The van der Waals surface area contributed by atoms with Gasteiger partial charge in [0.1, 0.15) is 11.5 Å². The molecule has 0 bridgehead atoms. The normalized spacial score (nSPS) is 14.8. The van der Waals surface area contributed by atoms with Gasteiger partial charge in [0.25, 0.3) is 0 Å². The number of morpholine rings is 1. The molecule has 0 amide bonds. The molecule has 1 aliphatic rings. The fraction of sp³-hybridized carbons (Fsp3) is 0.476. The summed E-state index contributed by atoms with van der Waals surface area (Å²) in [5.74, 6) is 0.408. The van der Waals surface area contributed by atoms with E-state index in [9.17, 15) is 9.90 Å². The van der Waals surface area contributed by atoms with Gasteiger partial charge in [-0.2, -0.15) is 0 Å². The van der Waals surface area contributed by atoms with Crippen LogP contribution in [-0.2, 0) is 16.0 Å². The molecule has 1 fully saturated rings.